The zero-order valence-electron chi connectivity index (χ0n) is 5.52. The molecule has 0 amide bonds. The summed E-state index contributed by atoms with van der Waals surface area (Å²) < 4.78 is 12.4. The van der Waals surface area contributed by atoms with Crippen LogP contribution in [0.15, 0.2) is 0 Å². The highest BCUT2D eigenvalue weighted by Gasteiger charge is 2.27. The van der Waals surface area contributed by atoms with Crippen LogP contribution >= 0.6 is 0 Å². The van der Waals surface area contributed by atoms with Crippen molar-refractivity contribution >= 4 is 0 Å². The highest BCUT2D eigenvalue weighted by atomic mass is 19.1. The van der Waals surface area contributed by atoms with E-state index in [2.05, 4.69) is 13.8 Å². The van der Waals surface area contributed by atoms with E-state index in [4.69, 9.17) is 0 Å². The summed E-state index contributed by atoms with van der Waals surface area (Å²) in [7, 11) is 0. The monoisotopic (exact) mass is 116 g/mol. The summed E-state index contributed by atoms with van der Waals surface area (Å²) >= 11 is 0. The number of rotatable bonds is 0. The van der Waals surface area contributed by atoms with Gasteiger partial charge in [-0.25, -0.2) is 4.39 Å². The first-order chi connectivity index (χ1) is 3.70. The van der Waals surface area contributed by atoms with E-state index in [9.17, 15) is 4.39 Å². The lowest BCUT2D eigenvalue weighted by atomic mass is 10.0. The molecule has 8 heavy (non-hydrogen) atoms. The molecule has 0 spiro atoms. The molecule has 1 rings (SSSR count). The Morgan fingerprint density at radius 2 is 1.50 bits per heavy atom. The van der Waals surface area contributed by atoms with Gasteiger partial charge in [-0.2, -0.15) is 0 Å². The van der Waals surface area contributed by atoms with E-state index >= 15 is 0 Å². The van der Waals surface area contributed by atoms with Gasteiger partial charge in [0.15, 0.2) is 0 Å². The number of hydrogen-bond donors (Lipinski definition) is 0. The van der Waals surface area contributed by atoms with Gasteiger partial charge in [0.2, 0.25) is 0 Å². The molecule has 0 aromatic rings. The molecule has 1 unspecified atom stereocenters. The van der Waals surface area contributed by atoms with Crippen LogP contribution in [-0.4, -0.2) is 6.17 Å². The molecule has 3 atom stereocenters. The molecule has 0 saturated heterocycles. The first-order valence-corrected chi connectivity index (χ1v) is 3.34. The molecule has 0 N–H and O–H groups in total. The van der Waals surface area contributed by atoms with E-state index in [1.54, 1.807) is 0 Å². The summed E-state index contributed by atoms with van der Waals surface area (Å²) in [5.41, 5.74) is 0. The standard InChI is InChI=1S/C7H13F/c1-5-3-7(8)4-6(5)2/h5-7H,3-4H2,1-2H3/t5-,6+,7?. The van der Waals surface area contributed by atoms with Gasteiger partial charge in [0.1, 0.15) is 6.17 Å². The molecule has 0 bridgehead atoms. The van der Waals surface area contributed by atoms with Crippen molar-refractivity contribution in [2.45, 2.75) is 32.9 Å². The van der Waals surface area contributed by atoms with Crippen molar-refractivity contribution in [2.24, 2.45) is 11.8 Å². The largest absolute Gasteiger partial charge is 0.247 e. The van der Waals surface area contributed by atoms with Gasteiger partial charge in [0, 0.05) is 0 Å². The van der Waals surface area contributed by atoms with E-state index < -0.39 is 6.17 Å². The Kier molecular flexibility index (Phi) is 1.54. The second-order valence-corrected chi connectivity index (χ2v) is 3.02. The highest BCUT2D eigenvalue weighted by Crippen LogP contribution is 2.32. The van der Waals surface area contributed by atoms with Gasteiger partial charge >= 0.3 is 0 Å². The Hall–Kier alpha value is -0.0700. The predicted molar refractivity (Wildman–Crippen MR) is 32.5 cm³/mol. The van der Waals surface area contributed by atoms with Gasteiger partial charge < -0.3 is 0 Å². The van der Waals surface area contributed by atoms with E-state index in [0.717, 1.165) is 12.8 Å². The third kappa shape index (κ3) is 1.01. The predicted octanol–water partition coefficient (Wildman–Crippen LogP) is 2.39. The van der Waals surface area contributed by atoms with Crippen LogP contribution in [0.1, 0.15) is 26.7 Å². The van der Waals surface area contributed by atoms with Crippen LogP contribution in [0.3, 0.4) is 0 Å². The molecule has 1 aliphatic carbocycles. The van der Waals surface area contributed by atoms with Crippen LogP contribution in [-0.2, 0) is 0 Å². The van der Waals surface area contributed by atoms with Gasteiger partial charge in [-0.15, -0.1) is 0 Å². The fraction of sp³-hybridized carbons (Fsp3) is 1.00. The third-order valence-corrected chi connectivity index (χ3v) is 2.23. The van der Waals surface area contributed by atoms with Crippen molar-refractivity contribution in [1.82, 2.24) is 0 Å². The van der Waals surface area contributed by atoms with Gasteiger partial charge in [-0.05, 0) is 24.7 Å². The maximum atomic E-state index is 12.4. The molecule has 0 nitrogen and oxygen atoms in total. The van der Waals surface area contributed by atoms with E-state index in [1.807, 2.05) is 0 Å². The maximum Gasteiger partial charge on any atom is 0.101 e. The summed E-state index contributed by atoms with van der Waals surface area (Å²) in [6.45, 7) is 4.26. The number of halogens is 1. The van der Waals surface area contributed by atoms with Crippen molar-refractivity contribution in [3.8, 4) is 0 Å². The minimum absolute atomic E-state index is 0.500. The molecule has 0 aromatic carbocycles. The van der Waals surface area contributed by atoms with Gasteiger partial charge in [0.25, 0.3) is 0 Å². The molecular weight excluding hydrogens is 103 g/mol. The summed E-state index contributed by atoms with van der Waals surface area (Å²) in [5.74, 6) is 1.23. The first kappa shape index (κ1) is 6.06. The van der Waals surface area contributed by atoms with Crippen molar-refractivity contribution in [3.63, 3.8) is 0 Å². The number of alkyl halides is 1. The van der Waals surface area contributed by atoms with Gasteiger partial charge in [-0.1, -0.05) is 13.8 Å². The van der Waals surface area contributed by atoms with Crippen LogP contribution in [0, 0.1) is 11.8 Å². The van der Waals surface area contributed by atoms with Crippen LogP contribution in [0.4, 0.5) is 4.39 Å². The first-order valence-electron chi connectivity index (χ1n) is 3.34. The molecule has 0 aromatic heterocycles. The third-order valence-electron chi connectivity index (χ3n) is 2.23. The van der Waals surface area contributed by atoms with Crippen molar-refractivity contribution < 1.29 is 4.39 Å². The summed E-state index contributed by atoms with van der Waals surface area (Å²) in [6.07, 6.45) is 1.09. The van der Waals surface area contributed by atoms with Crippen LogP contribution in [0.5, 0.6) is 0 Å². The summed E-state index contributed by atoms with van der Waals surface area (Å²) in [4.78, 5) is 0. The van der Waals surface area contributed by atoms with Gasteiger partial charge in [0.05, 0.1) is 0 Å². The lowest BCUT2D eigenvalue weighted by Crippen LogP contribution is -1.95. The topological polar surface area (TPSA) is 0 Å². The Morgan fingerprint density at radius 3 is 1.62 bits per heavy atom. The Labute approximate surface area is 50.1 Å². The van der Waals surface area contributed by atoms with Crippen LogP contribution < -0.4 is 0 Å². The molecular formula is C7H13F. The second kappa shape index (κ2) is 2.04. The van der Waals surface area contributed by atoms with Crippen molar-refractivity contribution in [1.29, 1.82) is 0 Å². The Bertz CT molecular complexity index is 70.5. The lowest BCUT2D eigenvalue weighted by Gasteiger charge is -2.04. The zero-order chi connectivity index (χ0) is 6.15. The van der Waals surface area contributed by atoms with E-state index in [0.29, 0.717) is 11.8 Å². The molecule has 0 radical (unpaired) electrons. The van der Waals surface area contributed by atoms with Crippen molar-refractivity contribution in [3.05, 3.63) is 0 Å². The molecule has 1 aliphatic rings. The molecule has 0 heterocycles. The van der Waals surface area contributed by atoms with Crippen LogP contribution in [0.25, 0.3) is 0 Å². The second-order valence-electron chi connectivity index (χ2n) is 3.02. The number of hydrogen-bond acceptors (Lipinski definition) is 0. The average molecular weight is 116 g/mol. The Morgan fingerprint density at radius 1 is 1.12 bits per heavy atom. The molecule has 48 valence electrons. The smallest absolute Gasteiger partial charge is 0.101 e. The molecule has 0 aliphatic heterocycles. The molecule has 1 saturated carbocycles. The van der Waals surface area contributed by atoms with Gasteiger partial charge in [-0.3, -0.25) is 0 Å². The minimum Gasteiger partial charge on any atom is -0.247 e. The minimum atomic E-state index is -0.500. The summed E-state index contributed by atoms with van der Waals surface area (Å²) in [6, 6.07) is 0. The average Bonchev–Trinajstić information content (AvgIpc) is 1.85. The van der Waals surface area contributed by atoms with E-state index in [-0.39, 0.29) is 0 Å². The molecule has 1 fully saturated rings. The Balaban J connectivity index is 2.39. The molecule has 1 heteroatoms. The fourth-order valence-corrected chi connectivity index (χ4v) is 1.37. The van der Waals surface area contributed by atoms with Crippen molar-refractivity contribution in [2.75, 3.05) is 0 Å². The normalized spacial score (nSPS) is 47.6. The highest BCUT2D eigenvalue weighted by molar-refractivity contribution is 4.77. The van der Waals surface area contributed by atoms with E-state index in [1.165, 1.54) is 0 Å². The fourth-order valence-electron chi connectivity index (χ4n) is 1.37. The lowest BCUT2D eigenvalue weighted by molar-refractivity contribution is 0.331. The van der Waals surface area contributed by atoms with Crippen LogP contribution in [0.2, 0.25) is 0 Å². The summed E-state index contributed by atoms with van der Waals surface area (Å²) in [5, 5.41) is 0. The maximum absolute atomic E-state index is 12.4. The SMILES string of the molecule is C[C@@H]1CC(F)C[C@@H]1C. The zero-order valence-corrected chi connectivity index (χ0v) is 5.52. The quantitative estimate of drug-likeness (QED) is 0.456.